The molecule has 2 aromatic rings. The van der Waals surface area contributed by atoms with Crippen LogP contribution >= 0.6 is 11.3 Å². The molecule has 1 aromatic heterocycles. The van der Waals surface area contributed by atoms with Crippen LogP contribution in [0.25, 0.3) is 0 Å². The van der Waals surface area contributed by atoms with Crippen LogP contribution in [0.15, 0.2) is 30.3 Å². The number of nitrogens with zero attached hydrogens (tertiary/aromatic N) is 1. The van der Waals surface area contributed by atoms with Crippen LogP contribution in [0.4, 0.5) is 5.13 Å². The van der Waals surface area contributed by atoms with Crippen molar-refractivity contribution in [3.8, 4) is 0 Å². The highest BCUT2D eigenvalue weighted by Gasteiger charge is 2.15. The first-order chi connectivity index (χ1) is 9.56. The zero-order chi connectivity index (χ0) is 14.5. The number of carboxylic acid groups (broad SMARTS) is 1. The molecule has 2 rings (SSSR count). The van der Waals surface area contributed by atoms with Gasteiger partial charge in [0.1, 0.15) is 0 Å². The van der Waals surface area contributed by atoms with Gasteiger partial charge in [-0.25, -0.2) is 9.78 Å². The minimum absolute atomic E-state index is 0.146. The maximum atomic E-state index is 10.9. The highest BCUT2D eigenvalue weighted by Crippen LogP contribution is 2.23. The Bertz CT molecular complexity index is 581. The average Bonchev–Trinajstić information content (AvgIpc) is 2.78. The summed E-state index contributed by atoms with van der Waals surface area (Å²) in [6.45, 7) is 3.86. The molecule has 4 nitrogen and oxygen atoms in total. The maximum absolute atomic E-state index is 10.9. The van der Waals surface area contributed by atoms with Crippen LogP contribution in [0.5, 0.6) is 0 Å². The molecule has 106 valence electrons. The number of hydrogen-bond donors (Lipinski definition) is 2. The molecule has 0 amide bonds. The van der Waals surface area contributed by atoms with Gasteiger partial charge < -0.3 is 10.4 Å². The number of aromatic carboxylic acids is 1. The van der Waals surface area contributed by atoms with Gasteiger partial charge in [0.25, 0.3) is 0 Å². The Balaban J connectivity index is 1.90. The zero-order valence-corrected chi connectivity index (χ0v) is 12.4. The maximum Gasteiger partial charge on any atom is 0.355 e. The highest BCUT2D eigenvalue weighted by molar-refractivity contribution is 7.15. The summed E-state index contributed by atoms with van der Waals surface area (Å²) >= 11 is 1.39. The van der Waals surface area contributed by atoms with E-state index in [4.69, 9.17) is 5.11 Å². The van der Waals surface area contributed by atoms with Gasteiger partial charge in [0.05, 0.1) is 0 Å². The van der Waals surface area contributed by atoms with Crippen molar-refractivity contribution in [2.45, 2.75) is 32.7 Å². The molecule has 5 heteroatoms. The normalized spacial score (nSPS) is 12.1. The second-order valence-electron chi connectivity index (χ2n) is 4.80. The van der Waals surface area contributed by atoms with E-state index in [0.29, 0.717) is 5.13 Å². The Kier molecular flexibility index (Phi) is 4.74. The van der Waals surface area contributed by atoms with E-state index in [-0.39, 0.29) is 11.7 Å². The third-order valence-corrected chi connectivity index (χ3v) is 3.98. The lowest BCUT2D eigenvalue weighted by Gasteiger charge is -2.12. The molecule has 1 aromatic carbocycles. The van der Waals surface area contributed by atoms with Gasteiger partial charge in [-0.05, 0) is 32.3 Å². The van der Waals surface area contributed by atoms with Crippen LogP contribution in [-0.2, 0) is 6.42 Å². The number of benzene rings is 1. The van der Waals surface area contributed by atoms with Crippen LogP contribution in [0, 0.1) is 6.92 Å². The molecule has 0 bridgehead atoms. The van der Waals surface area contributed by atoms with Crippen molar-refractivity contribution in [2.24, 2.45) is 0 Å². The summed E-state index contributed by atoms with van der Waals surface area (Å²) in [5.41, 5.74) is 1.45. The monoisotopic (exact) mass is 290 g/mol. The highest BCUT2D eigenvalue weighted by atomic mass is 32.1. The molecule has 0 radical (unpaired) electrons. The van der Waals surface area contributed by atoms with Gasteiger partial charge in [-0.1, -0.05) is 30.3 Å². The van der Waals surface area contributed by atoms with Gasteiger partial charge in [0.15, 0.2) is 10.8 Å². The van der Waals surface area contributed by atoms with Crippen LogP contribution in [0.2, 0.25) is 0 Å². The first kappa shape index (κ1) is 14.5. The fourth-order valence-corrected chi connectivity index (χ4v) is 2.88. The summed E-state index contributed by atoms with van der Waals surface area (Å²) in [7, 11) is 0. The van der Waals surface area contributed by atoms with Gasteiger partial charge in [-0.2, -0.15) is 0 Å². The largest absolute Gasteiger partial charge is 0.476 e. The first-order valence-electron chi connectivity index (χ1n) is 6.57. The Morgan fingerprint density at radius 3 is 2.70 bits per heavy atom. The molecule has 0 spiro atoms. The molecule has 1 atom stereocenters. The lowest BCUT2D eigenvalue weighted by atomic mass is 10.1. The van der Waals surface area contributed by atoms with E-state index in [9.17, 15) is 4.79 Å². The van der Waals surface area contributed by atoms with Gasteiger partial charge in [0.2, 0.25) is 0 Å². The molecule has 2 N–H and O–H groups in total. The minimum atomic E-state index is -0.969. The smallest absolute Gasteiger partial charge is 0.355 e. The molecular weight excluding hydrogens is 272 g/mol. The first-order valence-corrected chi connectivity index (χ1v) is 7.39. The Morgan fingerprint density at radius 2 is 2.10 bits per heavy atom. The molecule has 1 unspecified atom stereocenters. The SMILES string of the molecule is Cc1sc(NC(C)CCc2ccccc2)nc1C(=O)O. The molecule has 1 heterocycles. The van der Waals surface area contributed by atoms with Crippen molar-refractivity contribution in [3.05, 3.63) is 46.5 Å². The summed E-state index contributed by atoms with van der Waals surface area (Å²) < 4.78 is 0. The Hall–Kier alpha value is -1.88. The van der Waals surface area contributed by atoms with Crippen molar-refractivity contribution in [3.63, 3.8) is 0 Å². The fraction of sp³-hybridized carbons (Fsp3) is 0.333. The van der Waals surface area contributed by atoms with E-state index in [1.54, 1.807) is 6.92 Å². The van der Waals surface area contributed by atoms with E-state index in [0.717, 1.165) is 17.7 Å². The molecule has 0 fully saturated rings. The van der Waals surface area contributed by atoms with Crippen LogP contribution in [0.1, 0.15) is 34.3 Å². The number of aromatic nitrogens is 1. The van der Waals surface area contributed by atoms with Crippen molar-refractivity contribution in [1.82, 2.24) is 4.98 Å². The van der Waals surface area contributed by atoms with Crippen molar-refractivity contribution >= 4 is 22.4 Å². The van der Waals surface area contributed by atoms with Gasteiger partial charge in [-0.15, -0.1) is 11.3 Å². The summed E-state index contributed by atoms with van der Waals surface area (Å²) in [6, 6.07) is 10.6. The summed E-state index contributed by atoms with van der Waals surface area (Å²) in [5.74, 6) is -0.969. The molecular formula is C15H18N2O2S. The van der Waals surface area contributed by atoms with Crippen molar-refractivity contribution < 1.29 is 9.90 Å². The van der Waals surface area contributed by atoms with E-state index < -0.39 is 5.97 Å². The fourth-order valence-electron chi connectivity index (χ4n) is 1.97. The zero-order valence-electron chi connectivity index (χ0n) is 11.6. The number of hydrogen-bond acceptors (Lipinski definition) is 4. The average molecular weight is 290 g/mol. The molecule has 0 aliphatic carbocycles. The van der Waals surface area contributed by atoms with Crippen LogP contribution in [-0.4, -0.2) is 22.1 Å². The molecule has 20 heavy (non-hydrogen) atoms. The number of carboxylic acids is 1. The van der Waals surface area contributed by atoms with Crippen molar-refractivity contribution in [2.75, 3.05) is 5.32 Å². The lowest BCUT2D eigenvalue weighted by Crippen LogP contribution is -2.16. The summed E-state index contributed by atoms with van der Waals surface area (Å²) in [5, 5.41) is 12.9. The quantitative estimate of drug-likeness (QED) is 0.853. The predicted octanol–water partition coefficient (Wildman–Crippen LogP) is 3.58. The van der Waals surface area contributed by atoms with Gasteiger partial charge in [0, 0.05) is 10.9 Å². The number of thiazole rings is 1. The topological polar surface area (TPSA) is 62.2 Å². The minimum Gasteiger partial charge on any atom is -0.476 e. The van der Waals surface area contributed by atoms with E-state index >= 15 is 0 Å². The number of rotatable bonds is 6. The number of carbonyl (C=O) groups is 1. The van der Waals surface area contributed by atoms with Crippen LogP contribution < -0.4 is 5.32 Å². The number of aryl methyl sites for hydroxylation is 2. The van der Waals surface area contributed by atoms with Gasteiger partial charge in [-0.3, -0.25) is 0 Å². The third kappa shape index (κ3) is 3.81. The van der Waals surface area contributed by atoms with E-state index in [2.05, 4.69) is 29.4 Å². The second-order valence-corrected chi connectivity index (χ2v) is 6.00. The standard InChI is InChI=1S/C15H18N2O2S/c1-10(8-9-12-6-4-3-5-7-12)16-15-17-13(14(18)19)11(2)20-15/h3-7,10H,8-9H2,1-2H3,(H,16,17)(H,18,19). The second kappa shape index (κ2) is 6.52. The molecule has 0 aliphatic heterocycles. The van der Waals surface area contributed by atoms with Crippen LogP contribution in [0.3, 0.4) is 0 Å². The molecule has 0 saturated carbocycles. The van der Waals surface area contributed by atoms with E-state index in [1.807, 2.05) is 18.2 Å². The lowest BCUT2D eigenvalue weighted by molar-refractivity contribution is 0.0690. The van der Waals surface area contributed by atoms with Gasteiger partial charge >= 0.3 is 5.97 Å². The summed E-state index contributed by atoms with van der Waals surface area (Å²) in [6.07, 6.45) is 1.97. The number of anilines is 1. The summed E-state index contributed by atoms with van der Waals surface area (Å²) in [4.78, 5) is 15.8. The Labute approximate surface area is 122 Å². The van der Waals surface area contributed by atoms with Crippen molar-refractivity contribution in [1.29, 1.82) is 0 Å². The molecule has 0 aliphatic rings. The Morgan fingerprint density at radius 1 is 1.40 bits per heavy atom. The van der Waals surface area contributed by atoms with E-state index in [1.165, 1.54) is 16.9 Å². The molecule has 0 saturated heterocycles. The predicted molar refractivity (Wildman–Crippen MR) is 81.7 cm³/mol. The third-order valence-electron chi connectivity index (χ3n) is 3.08. The number of nitrogens with one attached hydrogen (secondary N) is 1.